The largest absolute Gasteiger partial charge is 0.394 e. The second-order valence-corrected chi connectivity index (χ2v) is 3.93. The first-order valence-electron chi connectivity index (χ1n) is 5.14. The normalized spacial score (nSPS) is 11.1. The van der Waals surface area contributed by atoms with E-state index in [-0.39, 0.29) is 17.3 Å². The molecule has 1 rings (SSSR count). The van der Waals surface area contributed by atoms with Crippen LogP contribution in [0.4, 0.5) is 17.3 Å². The molecule has 1 aromatic rings. The van der Waals surface area contributed by atoms with E-state index in [0.717, 1.165) is 6.33 Å². The van der Waals surface area contributed by atoms with Crippen LogP contribution in [0, 0.1) is 10.1 Å². The smallest absolute Gasteiger partial charge is 0.353 e. The van der Waals surface area contributed by atoms with Crippen molar-refractivity contribution in [2.75, 3.05) is 30.9 Å². The van der Waals surface area contributed by atoms with Crippen LogP contribution in [-0.4, -0.2) is 50.9 Å². The maximum absolute atomic E-state index is 11.0. The lowest BCUT2D eigenvalue weighted by atomic mass is 10.1. The fourth-order valence-corrected chi connectivity index (χ4v) is 1.24. The van der Waals surface area contributed by atoms with Crippen LogP contribution in [0.15, 0.2) is 6.33 Å². The van der Waals surface area contributed by atoms with Gasteiger partial charge in [-0.2, -0.15) is 0 Å². The number of aliphatic hydroxyl groups is 2. The van der Waals surface area contributed by atoms with Crippen molar-refractivity contribution in [1.82, 2.24) is 9.97 Å². The second-order valence-electron chi connectivity index (χ2n) is 3.93. The van der Waals surface area contributed by atoms with Gasteiger partial charge in [0.25, 0.3) is 0 Å². The molecule has 1 aromatic heterocycles. The molecule has 0 saturated carbocycles. The SMILES string of the molecule is CNc1ncnc(NC(C)(CO)CO)c1[N+](=O)[O-]. The van der Waals surface area contributed by atoms with E-state index in [1.54, 1.807) is 0 Å². The number of nitrogens with zero attached hydrogens (tertiary/aromatic N) is 3. The minimum atomic E-state index is -1.11. The fourth-order valence-electron chi connectivity index (χ4n) is 1.24. The highest BCUT2D eigenvalue weighted by Crippen LogP contribution is 2.30. The van der Waals surface area contributed by atoms with Crippen LogP contribution in [0.3, 0.4) is 0 Å². The van der Waals surface area contributed by atoms with Gasteiger partial charge in [-0.05, 0) is 6.92 Å². The molecule has 0 amide bonds. The number of aromatic nitrogens is 2. The molecule has 0 spiro atoms. The van der Waals surface area contributed by atoms with Gasteiger partial charge in [-0.3, -0.25) is 10.1 Å². The molecule has 100 valence electrons. The highest BCUT2D eigenvalue weighted by atomic mass is 16.6. The molecule has 0 aromatic carbocycles. The van der Waals surface area contributed by atoms with Gasteiger partial charge in [0, 0.05) is 7.05 Å². The maximum atomic E-state index is 11.0. The quantitative estimate of drug-likeness (QED) is 0.399. The lowest BCUT2D eigenvalue weighted by Crippen LogP contribution is -2.43. The topological polar surface area (TPSA) is 133 Å². The number of nitro groups is 1. The summed E-state index contributed by atoms with van der Waals surface area (Å²) in [7, 11) is 1.50. The van der Waals surface area contributed by atoms with Gasteiger partial charge in [0.15, 0.2) is 0 Å². The maximum Gasteiger partial charge on any atom is 0.353 e. The zero-order chi connectivity index (χ0) is 13.8. The first-order valence-corrected chi connectivity index (χ1v) is 5.14. The van der Waals surface area contributed by atoms with E-state index in [0.29, 0.717) is 0 Å². The van der Waals surface area contributed by atoms with Gasteiger partial charge in [-0.1, -0.05) is 0 Å². The third-order valence-electron chi connectivity index (χ3n) is 2.36. The number of hydrogen-bond donors (Lipinski definition) is 4. The van der Waals surface area contributed by atoms with Gasteiger partial charge >= 0.3 is 5.69 Å². The van der Waals surface area contributed by atoms with Crippen LogP contribution in [0.5, 0.6) is 0 Å². The molecule has 9 nitrogen and oxygen atoms in total. The molecule has 1 heterocycles. The van der Waals surface area contributed by atoms with E-state index in [2.05, 4.69) is 20.6 Å². The average Bonchev–Trinajstić information content (AvgIpc) is 2.37. The van der Waals surface area contributed by atoms with Gasteiger partial charge in [0.2, 0.25) is 11.6 Å². The molecule has 0 aliphatic rings. The third kappa shape index (κ3) is 2.81. The van der Waals surface area contributed by atoms with E-state index in [4.69, 9.17) is 10.2 Å². The molecule has 0 saturated heterocycles. The van der Waals surface area contributed by atoms with Crippen molar-refractivity contribution in [3.05, 3.63) is 16.4 Å². The summed E-state index contributed by atoms with van der Waals surface area (Å²) in [5.41, 5.74) is -1.45. The van der Waals surface area contributed by atoms with E-state index in [9.17, 15) is 10.1 Å². The number of hydrogen-bond acceptors (Lipinski definition) is 8. The molecule has 0 fully saturated rings. The van der Waals surface area contributed by atoms with E-state index >= 15 is 0 Å². The Morgan fingerprint density at radius 1 is 1.39 bits per heavy atom. The predicted molar refractivity (Wildman–Crippen MR) is 64.4 cm³/mol. The summed E-state index contributed by atoms with van der Waals surface area (Å²) >= 11 is 0. The number of nitrogens with one attached hydrogen (secondary N) is 2. The zero-order valence-electron chi connectivity index (χ0n) is 10.0. The molecule has 0 unspecified atom stereocenters. The van der Waals surface area contributed by atoms with Crippen molar-refractivity contribution in [2.45, 2.75) is 12.5 Å². The lowest BCUT2D eigenvalue weighted by molar-refractivity contribution is -0.383. The molecule has 0 radical (unpaired) electrons. The molecule has 9 heteroatoms. The van der Waals surface area contributed by atoms with Crippen LogP contribution in [0.1, 0.15) is 6.92 Å². The molecule has 0 aliphatic carbocycles. The van der Waals surface area contributed by atoms with Crippen LogP contribution in [0.25, 0.3) is 0 Å². The van der Waals surface area contributed by atoms with Crippen molar-refractivity contribution in [1.29, 1.82) is 0 Å². The van der Waals surface area contributed by atoms with Crippen molar-refractivity contribution < 1.29 is 15.1 Å². The van der Waals surface area contributed by atoms with Crippen molar-refractivity contribution >= 4 is 17.3 Å². The van der Waals surface area contributed by atoms with Crippen LogP contribution < -0.4 is 10.6 Å². The number of aliphatic hydroxyl groups excluding tert-OH is 2. The van der Waals surface area contributed by atoms with Crippen molar-refractivity contribution in [3.63, 3.8) is 0 Å². The average molecular weight is 257 g/mol. The standard InChI is InChI=1S/C9H15N5O4/c1-9(3-15,4-16)13-8-6(14(17)18)7(10-2)11-5-12-8/h5,15-16H,3-4H2,1-2H3,(H2,10,11,12,13). The molecule has 0 aliphatic heterocycles. The second kappa shape index (κ2) is 5.56. The number of rotatable bonds is 6. The highest BCUT2D eigenvalue weighted by molar-refractivity contribution is 5.69. The summed E-state index contributed by atoms with van der Waals surface area (Å²) in [6, 6.07) is 0. The van der Waals surface area contributed by atoms with E-state index < -0.39 is 23.7 Å². The van der Waals surface area contributed by atoms with Crippen molar-refractivity contribution in [3.8, 4) is 0 Å². The molecule has 18 heavy (non-hydrogen) atoms. The Balaban J connectivity index is 3.20. The zero-order valence-corrected chi connectivity index (χ0v) is 10.0. The Labute approximate surface area is 103 Å². The fraction of sp³-hybridized carbons (Fsp3) is 0.556. The number of anilines is 2. The minimum absolute atomic E-state index is 0.0516. The molecular weight excluding hydrogens is 242 g/mol. The summed E-state index contributed by atoms with van der Waals surface area (Å²) in [6.07, 6.45) is 1.15. The van der Waals surface area contributed by atoms with Gasteiger partial charge in [0.05, 0.1) is 23.7 Å². The Hall–Kier alpha value is -2.00. The first-order chi connectivity index (χ1) is 8.47. The summed E-state index contributed by atoms with van der Waals surface area (Å²) in [5.74, 6) is -0.0133. The molecule has 4 N–H and O–H groups in total. The Kier molecular flexibility index (Phi) is 4.34. The summed E-state index contributed by atoms with van der Waals surface area (Å²) in [6.45, 7) is 0.705. The predicted octanol–water partition coefficient (Wildman–Crippen LogP) is -0.418. The van der Waals surface area contributed by atoms with Gasteiger partial charge in [-0.25, -0.2) is 9.97 Å². The minimum Gasteiger partial charge on any atom is -0.394 e. The Bertz CT molecular complexity index is 435. The van der Waals surface area contributed by atoms with E-state index in [1.807, 2.05) is 0 Å². The summed E-state index contributed by atoms with van der Waals surface area (Å²) in [4.78, 5) is 17.8. The first kappa shape index (κ1) is 14.1. The molecule has 0 bridgehead atoms. The Morgan fingerprint density at radius 3 is 2.39 bits per heavy atom. The third-order valence-corrected chi connectivity index (χ3v) is 2.36. The van der Waals surface area contributed by atoms with Gasteiger partial charge in [0.1, 0.15) is 6.33 Å². The van der Waals surface area contributed by atoms with E-state index in [1.165, 1.54) is 14.0 Å². The van der Waals surface area contributed by atoms with Crippen molar-refractivity contribution in [2.24, 2.45) is 0 Å². The van der Waals surface area contributed by atoms with Crippen LogP contribution in [-0.2, 0) is 0 Å². The monoisotopic (exact) mass is 257 g/mol. The van der Waals surface area contributed by atoms with Gasteiger partial charge in [-0.15, -0.1) is 0 Å². The summed E-state index contributed by atoms with van der Waals surface area (Å²) < 4.78 is 0. The Morgan fingerprint density at radius 2 is 1.94 bits per heavy atom. The molecule has 0 atom stereocenters. The summed E-state index contributed by atoms with van der Waals surface area (Å²) in [5, 5.41) is 34.5. The molecular formula is C9H15N5O4. The van der Waals surface area contributed by atoms with Gasteiger partial charge < -0.3 is 20.8 Å². The van der Waals surface area contributed by atoms with Crippen LogP contribution >= 0.6 is 0 Å². The van der Waals surface area contributed by atoms with Crippen LogP contribution in [0.2, 0.25) is 0 Å². The highest BCUT2D eigenvalue weighted by Gasteiger charge is 2.29. The lowest BCUT2D eigenvalue weighted by Gasteiger charge is -2.26.